The topological polar surface area (TPSA) is 71.8 Å². The molecule has 6 nitrogen and oxygen atoms in total. The highest BCUT2D eigenvalue weighted by atomic mass is 16.5. The number of allylic oxidation sites excluding steroid dienone is 1. The lowest BCUT2D eigenvalue weighted by Gasteiger charge is -2.34. The minimum atomic E-state index is -0.666. The number of ether oxygens (including phenoxy) is 1. The van der Waals surface area contributed by atoms with Gasteiger partial charge >= 0.3 is 12.0 Å². The molecule has 0 fully saturated rings. The number of hydrogen-bond donors (Lipinski definition) is 1. The second-order valence-corrected chi connectivity index (χ2v) is 5.89. The lowest BCUT2D eigenvalue weighted by Crippen LogP contribution is -2.47. The summed E-state index contributed by atoms with van der Waals surface area (Å²) in [6.45, 7) is 3.92. The number of methoxy groups -OCH3 is 1. The first-order valence-corrected chi connectivity index (χ1v) is 7.98. The first kappa shape index (κ1) is 16.8. The summed E-state index contributed by atoms with van der Waals surface area (Å²) in [4.78, 5) is 26.6. The van der Waals surface area contributed by atoms with Crippen molar-refractivity contribution < 1.29 is 18.7 Å². The summed E-state index contributed by atoms with van der Waals surface area (Å²) in [5.41, 5.74) is 1.89. The molecule has 6 heteroatoms. The van der Waals surface area contributed by atoms with Gasteiger partial charge < -0.3 is 14.5 Å². The minimum absolute atomic E-state index is 0.284. The van der Waals surface area contributed by atoms with Crippen LogP contribution < -0.4 is 5.32 Å². The summed E-state index contributed by atoms with van der Waals surface area (Å²) in [5, 5.41) is 2.85. The monoisotopic (exact) mass is 340 g/mol. The molecule has 1 atom stereocenters. The van der Waals surface area contributed by atoms with Crippen LogP contribution in [0.25, 0.3) is 0 Å². The molecule has 0 bridgehead atoms. The van der Waals surface area contributed by atoms with Crippen LogP contribution >= 0.6 is 0 Å². The summed E-state index contributed by atoms with van der Waals surface area (Å²) >= 11 is 0. The van der Waals surface area contributed by atoms with E-state index in [0.717, 1.165) is 5.56 Å². The summed E-state index contributed by atoms with van der Waals surface area (Å²) < 4.78 is 10.6. The molecular weight excluding hydrogens is 320 g/mol. The molecule has 2 amide bonds. The van der Waals surface area contributed by atoms with E-state index in [-0.39, 0.29) is 6.03 Å². The minimum Gasteiger partial charge on any atom is -0.466 e. The second kappa shape index (κ2) is 6.84. The maximum Gasteiger partial charge on any atom is 0.338 e. The number of amides is 2. The van der Waals surface area contributed by atoms with Gasteiger partial charge in [-0.2, -0.15) is 0 Å². The van der Waals surface area contributed by atoms with Gasteiger partial charge in [-0.3, -0.25) is 4.90 Å². The van der Waals surface area contributed by atoms with Crippen LogP contribution in [0.5, 0.6) is 0 Å². The van der Waals surface area contributed by atoms with E-state index >= 15 is 0 Å². The fraction of sp³-hybridized carbons (Fsp3) is 0.263. The molecule has 25 heavy (non-hydrogen) atoms. The Morgan fingerprint density at radius 3 is 2.52 bits per heavy atom. The molecule has 0 saturated heterocycles. The van der Waals surface area contributed by atoms with E-state index in [1.54, 1.807) is 19.1 Å². The molecule has 1 aliphatic rings. The Hall–Kier alpha value is -3.02. The number of nitrogens with one attached hydrogen (secondary N) is 1. The zero-order valence-electron chi connectivity index (χ0n) is 14.4. The lowest BCUT2D eigenvalue weighted by molar-refractivity contribution is -0.136. The number of carbonyl (C=O) groups is 2. The van der Waals surface area contributed by atoms with Crippen molar-refractivity contribution >= 4 is 12.0 Å². The van der Waals surface area contributed by atoms with E-state index in [9.17, 15) is 9.59 Å². The highest BCUT2D eigenvalue weighted by Crippen LogP contribution is 2.32. The van der Waals surface area contributed by atoms with Gasteiger partial charge in [0, 0.05) is 5.70 Å². The molecule has 2 aromatic rings. The van der Waals surface area contributed by atoms with Gasteiger partial charge in [-0.05, 0) is 31.5 Å². The normalized spacial score (nSPS) is 17.5. The molecular formula is C19H20N2O4. The van der Waals surface area contributed by atoms with E-state index in [1.165, 1.54) is 12.0 Å². The van der Waals surface area contributed by atoms with Crippen molar-refractivity contribution in [2.24, 2.45) is 0 Å². The third kappa shape index (κ3) is 3.28. The SMILES string of the molecule is COC(=O)C1=C(C)N(Cc2ccccc2)C(=O)NC1c1ccc(C)o1. The number of rotatable bonds is 4. The number of urea groups is 1. The number of carbonyl (C=O) groups excluding carboxylic acids is 2. The summed E-state index contributed by atoms with van der Waals surface area (Å²) in [6, 6.07) is 12.2. The molecule has 130 valence electrons. The number of aryl methyl sites for hydroxylation is 1. The zero-order valence-corrected chi connectivity index (χ0v) is 14.4. The van der Waals surface area contributed by atoms with Gasteiger partial charge in [0.25, 0.3) is 0 Å². The van der Waals surface area contributed by atoms with Gasteiger partial charge in [0.1, 0.15) is 17.6 Å². The maximum absolute atomic E-state index is 12.6. The molecule has 1 aliphatic heterocycles. The lowest BCUT2D eigenvalue weighted by atomic mass is 9.99. The molecule has 2 heterocycles. The average Bonchev–Trinajstić information content (AvgIpc) is 3.04. The van der Waals surface area contributed by atoms with Crippen LogP contribution in [-0.4, -0.2) is 24.0 Å². The van der Waals surface area contributed by atoms with Gasteiger partial charge in [0.05, 0.1) is 19.2 Å². The van der Waals surface area contributed by atoms with Crippen molar-refractivity contribution in [3.05, 3.63) is 70.8 Å². The number of hydrogen-bond acceptors (Lipinski definition) is 4. The standard InChI is InChI=1S/C19H20N2O4/c1-12-9-10-15(25-12)17-16(18(22)24-3)13(2)21(19(23)20-17)11-14-7-5-4-6-8-14/h4-10,17H,11H2,1-3H3,(H,20,23). The van der Waals surface area contributed by atoms with Crippen molar-refractivity contribution in [1.29, 1.82) is 0 Å². The molecule has 0 aliphatic carbocycles. The van der Waals surface area contributed by atoms with Crippen molar-refractivity contribution in [1.82, 2.24) is 10.2 Å². The maximum atomic E-state index is 12.6. The van der Waals surface area contributed by atoms with E-state index in [1.807, 2.05) is 37.3 Å². The molecule has 1 aromatic carbocycles. The number of esters is 1. The molecule has 1 aromatic heterocycles. The highest BCUT2D eigenvalue weighted by Gasteiger charge is 2.37. The van der Waals surface area contributed by atoms with Crippen LogP contribution in [0, 0.1) is 6.92 Å². The fourth-order valence-corrected chi connectivity index (χ4v) is 2.93. The van der Waals surface area contributed by atoms with E-state index < -0.39 is 12.0 Å². The van der Waals surface area contributed by atoms with Crippen molar-refractivity contribution in [2.45, 2.75) is 26.4 Å². The molecule has 3 rings (SSSR count). The number of benzene rings is 1. The Morgan fingerprint density at radius 1 is 1.20 bits per heavy atom. The van der Waals surface area contributed by atoms with Crippen LogP contribution in [-0.2, 0) is 16.1 Å². The summed E-state index contributed by atoms with van der Waals surface area (Å²) in [6.07, 6.45) is 0. The zero-order chi connectivity index (χ0) is 18.0. The Kier molecular flexibility index (Phi) is 4.61. The van der Waals surface area contributed by atoms with Gasteiger partial charge in [-0.25, -0.2) is 9.59 Å². The third-order valence-corrected chi connectivity index (χ3v) is 4.23. The quantitative estimate of drug-likeness (QED) is 0.867. The Bertz CT molecular complexity index is 823. The third-order valence-electron chi connectivity index (χ3n) is 4.23. The van der Waals surface area contributed by atoms with Crippen molar-refractivity contribution in [3.63, 3.8) is 0 Å². The number of nitrogens with zero attached hydrogens (tertiary/aromatic N) is 1. The summed E-state index contributed by atoms with van der Waals surface area (Å²) in [7, 11) is 1.32. The van der Waals surface area contributed by atoms with Crippen LogP contribution in [0.2, 0.25) is 0 Å². The van der Waals surface area contributed by atoms with E-state index in [2.05, 4.69) is 5.32 Å². The predicted octanol–water partition coefficient (Wildman–Crippen LogP) is 3.30. The van der Waals surface area contributed by atoms with Crippen molar-refractivity contribution in [3.8, 4) is 0 Å². The van der Waals surface area contributed by atoms with E-state index in [4.69, 9.17) is 9.15 Å². The van der Waals surface area contributed by atoms with Crippen LogP contribution in [0.4, 0.5) is 4.79 Å². The molecule has 0 spiro atoms. The van der Waals surface area contributed by atoms with Crippen LogP contribution in [0.15, 0.2) is 58.2 Å². The first-order valence-electron chi connectivity index (χ1n) is 7.98. The molecule has 0 radical (unpaired) electrons. The molecule has 1 unspecified atom stereocenters. The van der Waals surface area contributed by atoms with Crippen LogP contribution in [0.3, 0.4) is 0 Å². The average molecular weight is 340 g/mol. The van der Waals surface area contributed by atoms with Crippen LogP contribution in [0.1, 0.15) is 30.0 Å². The molecule has 1 N–H and O–H groups in total. The second-order valence-electron chi connectivity index (χ2n) is 5.89. The fourth-order valence-electron chi connectivity index (χ4n) is 2.93. The molecule has 0 saturated carbocycles. The largest absolute Gasteiger partial charge is 0.466 e. The van der Waals surface area contributed by atoms with Crippen molar-refractivity contribution in [2.75, 3.05) is 7.11 Å². The van der Waals surface area contributed by atoms with Gasteiger partial charge in [0.2, 0.25) is 0 Å². The highest BCUT2D eigenvalue weighted by molar-refractivity contribution is 5.94. The Labute approximate surface area is 146 Å². The Morgan fingerprint density at radius 2 is 1.92 bits per heavy atom. The number of furan rings is 1. The van der Waals surface area contributed by atoms with E-state index in [0.29, 0.717) is 29.3 Å². The smallest absolute Gasteiger partial charge is 0.338 e. The predicted molar refractivity (Wildman–Crippen MR) is 91.4 cm³/mol. The van der Waals surface area contributed by atoms with Gasteiger partial charge in [0.15, 0.2) is 0 Å². The van der Waals surface area contributed by atoms with Gasteiger partial charge in [-0.1, -0.05) is 30.3 Å². The van der Waals surface area contributed by atoms with Gasteiger partial charge in [-0.15, -0.1) is 0 Å². The Balaban J connectivity index is 2.01. The first-order chi connectivity index (χ1) is 12.0. The summed E-state index contributed by atoms with van der Waals surface area (Å²) in [5.74, 6) is 0.720.